The van der Waals surface area contributed by atoms with Crippen LogP contribution in [0.25, 0.3) is 0 Å². The highest BCUT2D eigenvalue weighted by atomic mass is 79.9. The third kappa shape index (κ3) is 2.17. The molecule has 1 aromatic rings. The summed E-state index contributed by atoms with van der Waals surface area (Å²) in [6.45, 7) is 0. The molecule has 0 fully saturated rings. The minimum atomic E-state index is -4.61. The van der Waals surface area contributed by atoms with Gasteiger partial charge in [0, 0.05) is 10.5 Å². The van der Waals surface area contributed by atoms with E-state index in [1.165, 1.54) is 0 Å². The molecule has 0 amide bonds. The van der Waals surface area contributed by atoms with Gasteiger partial charge in [-0.3, -0.25) is 0 Å². The predicted octanol–water partition coefficient (Wildman–Crippen LogP) is 3.00. The summed E-state index contributed by atoms with van der Waals surface area (Å²) in [6.07, 6.45) is -4.61. The maximum Gasteiger partial charge on any atom is 0.433 e. The van der Waals surface area contributed by atoms with E-state index in [9.17, 15) is 17.6 Å². The molecule has 0 aliphatic rings. The van der Waals surface area contributed by atoms with Crippen molar-refractivity contribution >= 4 is 15.9 Å². The molecule has 0 aliphatic carbocycles. The van der Waals surface area contributed by atoms with Gasteiger partial charge < -0.3 is 0 Å². The molecular formula is C6H2BrF4N. The number of hydrogen-bond donors (Lipinski definition) is 0. The molecule has 6 heteroatoms. The van der Waals surface area contributed by atoms with Gasteiger partial charge in [-0.1, -0.05) is 15.9 Å². The molecule has 0 spiro atoms. The summed E-state index contributed by atoms with van der Waals surface area (Å²) in [6, 6.07) is 1.57. The SMILES string of the molecule is Fc1cc(Br)cc(C(F)(F)F)n1. The zero-order valence-corrected chi connectivity index (χ0v) is 7.08. The molecule has 1 nitrogen and oxygen atoms in total. The fourth-order valence-electron chi connectivity index (χ4n) is 0.611. The van der Waals surface area contributed by atoms with Gasteiger partial charge in [-0.15, -0.1) is 0 Å². The second kappa shape index (κ2) is 3.01. The Balaban J connectivity index is 3.18. The molecule has 0 atom stereocenters. The Morgan fingerprint density at radius 2 is 1.83 bits per heavy atom. The molecule has 0 aliphatic heterocycles. The molecule has 1 heterocycles. The van der Waals surface area contributed by atoms with Crippen molar-refractivity contribution in [1.29, 1.82) is 0 Å². The fraction of sp³-hybridized carbons (Fsp3) is 0.167. The lowest BCUT2D eigenvalue weighted by Gasteiger charge is -2.04. The van der Waals surface area contributed by atoms with E-state index in [1.807, 2.05) is 0 Å². The average Bonchev–Trinajstić information content (AvgIpc) is 1.82. The maximum absolute atomic E-state index is 12.3. The van der Waals surface area contributed by atoms with Gasteiger partial charge in [0.1, 0.15) is 5.69 Å². The van der Waals surface area contributed by atoms with E-state index in [0.29, 0.717) is 6.07 Å². The summed E-state index contributed by atoms with van der Waals surface area (Å²) in [5.74, 6) is -1.16. The normalized spacial score (nSPS) is 11.8. The van der Waals surface area contributed by atoms with Crippen molar-refractivity contribution in [2.24, 2.45) is 0 Å². The smallest absolute Gasteiger partial charge is 0.215 e. The number of pyridine rings is 1. The number of alkyl halides is 3. The van der Waals surface area contributed by atoms with E-state index < -0.39 is 17.8 Å². The minimum absolute atomic E-state index is 0.0160. The predicted molar refractivity (Wildman–Crippen MR) is 36.9 cm³/mol. The van der Waals surface area contributed by atoms with Gasteiger partial charge in [0.05, 0.1) is 0 Å². The van der Waals surface area contributed by atoms with Crippen LogP contribution in [-0.4, -0.2) is 4.98 Å². The summed E-state index contributed by atoms with van der Waals surface area (Å²) in [4.78, 5) is 2.68. The molecule has 1 rings (SSSR count). The standard InChI is InChI=1S/C6H2BrF4N/c7-3-1-4(6(9,10)11)12-5(8)2-3/h1-2H. The first-order valence-electron chi connectivity index (χ1n) is 2.80. The highest BCUT2D eigenvalue weighted by Crippen LogP contribution is 2.29. The largest absolute Gasteiger partial charge is 0.433 e. The molecule has 66 valence electrons. The Labute approximate surface area is 73.5 Å². The van der Waals surface area contributed by atoms with Crippen molar-refractivity contribution in [3.05, 3.63) is 28.2 Å². The van der Waals surface area contributed by atoms with Crippen molar-refractivity contribution in [1.82, 2.24) is 4.98 Å². The third-order valence-corrected chi connectivity index (χ3v) is 1.51. The highest BCUT2D eigenvalue weighted by Gasteiger charge is 2.33. The molecule has 0 bridgehead atoms. The lowest BCUT2D eigenvalue weighted by molar-refractivity contribution is -0.141. The van der Waals surface area contributed by atoms with E-state index in [1.54, 1.807) is 0 Å². The molecule has 0 radical (unpaired) electrons. The fourth-order valence-corrected chi connectivity index (χ4v) is 1.02. The third-order valence-electron chi connectivity index (χ3n) is 1.05. The van der Waals surface area contributed by atoms with Gasteiger partial charge >= 0.3 is 6.18 Å². The van der Waals surface area contributed by atoms with Crippen molar-refractivity contribution in [2.75, 3.05) is 0 Å². The van der Waals surface area contributed by atoms with Crippen LogP contribution in [0, 0.1) is 5.95 Å². The summed E-state index contributed by atoms with van der Waals surface area (Å²) in [5.41, 5.74) is -1.24. The second-order valence-corrected chi connectivity index (χ2v) is 2.91. The van der Waals surface area contributed by atoms with Gasteiger partial charge in [-0.05, 0) is 6.07 Å². The van der Waals surface area contributed by atoms with E-state index >= 15 is 0 Å². The quantitative estimate of drug-likeness (QED) is 0.505. The van der Waals surface area contributed by atoms with E-state index in [0.717, 1.165) is 6.07 Å². The lowest BCUT2D eigenvalue weighted by atomic mass is 10.3. The van der Waals surface area contributed by atoms with E-state index in [-0.39, 0.29) is 4.47 Å². The van der Waals surface area contributed by atoms with Crippen LogP contribution >= 0.6 is 15.9 Å². The lowest BCUT2D eigenvalue weighted by Crippen LogP contribution is -2.08. The summed E-state index contributed by atoms with van der Waals surface area (Å²) in [7, 11) is 0. The van der Waals surface area contributed by atoms with Gasteiger partial charge in [0.15, 0.2) is 0 Å². The van der Waals surface area contributed by atoms with Crippen molar-refractivity contribution < 1.29 is 17.6 Å². The van der Waals surface area contributed by atoms with Gasteiger partial charge in [0.2, 0.25) is 5.95 Å². The first-order valence-corrected chi connectivity index (χ1v) is 3.59. The molecule has 0 saturated heterocycles. The second-order valence-electron chi connectivity index (χ2n) is 1.99. The van der Waals surface area contributed by atoms with Crippen LogP contribution in [0.15, 0.2) is 16.6 Å². The Morgan fingerprint density at radius 1 is 1.25 bits per heavy atom. The minimum Gasteiger partial charge on any atom is -0.215 e. The Kier molecular flexibility index (Phi) is 2.36. The van der Waals surface area contributed by atoms with Gasteiger partial charge in [0.25, 0.3) is 0 Å². The molecule has 12 heavy (non-hydrogen) atoms. The van der Waals surface area contributed by atoms with Crippen LogP contribution in [0.1, 0.15) is 5.69 Å². The Hall–Kier alpha value is -0.650. The van der Waals surface area contributed by atoms with Gasteiger partial charge in [-0.2, -0.15) is 17.6 Å². The number of nitrogens with zero attached hydrogens (tertiary/aromatic N) is 1. The van der Waals surface area contributed by atoms with Crippen LogP contribution < -0.4 is 0 Å². The molecular weight excluding hydrogens is 242 g/mol. The van der Waals surface area contributed by atoms with Crippen molar-refractivity contribution in [2.45, 2.75) is 6.18 Å². The topological polar surface area (TPSA) is 12.9 Å². The van der Waals surface area contributed by atoms with Crippen LogP contribution in [0.4, 0.5) is 17.6 Å². The monoisotopic (exact) mass is 243 g/mol. The Bertz CT molecular complexity index is 276. The van der Waals surface area contributed by atoms with Crippen LogP contribution in [0.3, 0.4) is 0 Å². The number of halogens is 5. The zero-order valence-electron chi connectivity index (χ0n) is 5.49. The van der Waals surface area contributed by atoms with Crippen LogP contribution in [0.5, 0.6) is 0 Å². The first kappa shape index (κ1) is 9.44. The van der Waals surface area contributed by atoms with Crippen molar-refractivity contribution in [3.63, 3.8) is 0 Å². The zero-order chi connectivity index (χ0) is 9.35. The molecule has 1 aromatic heterocycles. The number of hydrogen-bond acceptors (Lipinski definition) is 1. The van der Waals surface area contributed by atoms with E-state index in [4.69, 9.17) is 0 Å². The highest BCUT2D eigenvalue weighted by molar-refractivity contribution is 9.10. The Morgan fingerprint density at radius 3 is 2.25 bits per heavy atom. The van der Waals surface area contributed by atoms with E-state index in [2.05, 4.69) is 20.9 Å². The van der Waals surface area contributed by atoms with Crippen molar-refractivity contribution in [3.8, 4) is 0 Å². The maximum atomic E-state index is 12.3. The molecule has 0 N–H and O–H groups in total. The number of rotatable bonds is 0. The van der Waals surface area contributed by atoms with Crippen LogP contribution in [0.2, 0.25) is 0 Å². The average molecular weight is 244 g/mol. The molecule has 0 aromatic carbocycles. The van der Waals surface area contributed by atoms with Crippen LogP contribution in [-0.2, 0) is 6.18 Å². The summed E-state index contributed by atoms with van der Waals surface area (Å²) >= 11 is 2.73. The van der Waals surface area contributed by atoms with Gasteiger partial charge in [-0.25, -0.2) is 4.98 Å². The summed E-state index contributed by atoms with van der Waals surface area (Å²) in [5, 5.41) is 0. The first-order chi connectivity index (χ1) is 5.39. The molecule has 0 saturated carbocycles. The number of aromatic nitrogens is 1. The molecule has 0 unspecified atom stereocenters. The summed E-state index contributed by atoms with van der Waals surface area (Å²) < 4.78 is 48.0.